The minimum absolute atomic E-state index is 0.0572. The van der Waals surface area contributed by atoms with Crippen LogP contribution >= 0.6 is 22.6 Å². The van der Waals surface area contributed by atoms with E-state index in [0.29, 0.717) is 3.57 Å². The lowest BCUT2D eigenvalue weighted by atomic mass is 10.4. The van der Waals surface area contributed by atoms with Crippen LogP contribution in [-0.2, 0) is 0 Å². The van der Waals surface area contributed by atoms with Crippen LogP contribution in [0.25, 0.3) is 0 Å². The number of H-pyrrole nitrogens is 1. The maximum atomic E-state index is 11.3. The summed E-state index contributed by atoms with van der Waals surface area (Å²) in [4.78, 5) is 20.1. The third-order valence-electron chi connectivity index (χ3n) is 2.37. The molecule has 0 bridgehead atoms. The lowest BCUT2D eigenvalue weighted by Crippen LogP contribution is -2.25. The highest BCUT2D eigenvalue weighted by Crippen LogP contribution is 2.30. The van der Waals surface area contributed by atoms with Crippen LogP contribution in [-0.4, -0.2) is 23.6 Å². The molecule has 5 heteroatoms. The molecule has 0 saturated heterocycles. The SMILES string of the molecule is CN(CC1CC1)c1nc[nH]c(=O)c1I. The summed E-state index contributed by atoms with van der Waals surface area (Å²) in [5.41, 5.74) is -0.0572. The van der Waals surface area contributed by atoms with Crippen LogP contribution < -0.4 is 10.5 Å². The molecule has 1 aromatic heterocycles. The molecule has 0 atom stereocenters. The Hall–Kier alpha value is -0.590. The van der Waals surface area contributed by atoms with Crippen molar-refractivity contribution in [2.45, 2.75) is 12.8 Å². The van der Waals surface area contributed by atoms with Gasteiger partial charge in [0.1, 0.15) is 9.39 Å². The second-order valence-electron chi connectivity index (χ2n) is 3.69. The van der Waals surface area contributed by atoms with Crippen molar-refractivity contribution in [1.29, 1.82) is 0 Å². The van der Waals surface area contributed by atoms with Gasteiger partial charge in [-0.05, 0) is 41.4 Å². The Kier molecular flexibility index (Phi) is 2.76. The van der Waals surface area contributed by atoms with Crippen molar-refractivity contribution in [3.05, 3.63) is 20.3 Å². The fourth-order valence-electron chi connectivity index (χ4n) is 1.41. The topological polar surface area (TPSA) is 49.0 Å². The van der Waals surface area contributed by atoms with Crippen LogP contribution in [0.5, 0.6) is 0 Å². The molecule has 4 nitrogen and oxygen atoms in total. The Balaban J connectivity index is 2.21. The predicted octanol–water partition coefficient (Wildman–Crippen LogP) is 1.22. The summed E-state index contributed by atoms with van der Waals surface area (Å²) >= 11 is 2.04. The lowest BCUT2D eigenvalue weighted by Gasteiger charge is -2.18. The van der Waals surface area contributed by atoms with Crippen molar-refractivity contribution < 1.29 is 0 Å². The molecule has 1 aromatic rings. The smallest absolute Gasteiger partial charge is 0.266 e. The summed E-state index contributed by atoms with van der Waals surface area (Å²) in [6.45, 7) is 1.01. The highest BCUT2D eigenvalue weighted by Gasteiger charge is 2.24. The quantitative estimate of drug-likeness (QED) is 0.854. The van der Waals surface area contributed by atoms with Crippen molar-refractivity contribution in [3.8, 4) is 0 Å². The van der Waals surface area contributed by atoms with Crippen molar-refractivity contribution in [3.63, 3.8) is 0 Å². The standard InChI is InChI=1S/C9H12IN3O/c1-13(4-6-2-3-6)8-7(10)9(14)12-5-11-8/h5-6H,2-4H2,1H3,(H,11,12,14). The first-order chi connectivity index (χ1) is 6.68. The van der Waals surface area contributed by atoms with E-state index in [1.165, 1.54) is 19.2 Å². The molecule has 0 radical (unpaired) electrons. The van der Waals surface area contributed by atoms with Gasteiger partial charge in [-0.15, -0.1) is 0 Å². The molecule has 0 unspecified atom stereocenters. The zero-order valence-electron chi connectivity index (χ0n) is 7.96. The van der Waals surface area contributed by atoms with Crippen molar-refractivity contribution in [1.82, 2.24) is 9.97 Å². The highest BCUT2D eigenvalue weighted by molar-refractivity contribution is 14.1. The largest absolute Gasteiger partial charge is 0.358 e. The van der Waals surface area contributed by atoms with Crippen molar-refractivity contribution in [2.24, 2.45) is 5.92 Å². The summed E-state index contributed by atoms with van der Waals surface area (Å²) in [5, 5.41) is 0. The normalized spacial score (nSPS) is 15.6. The summed E-state index contributed by atoms with van der Waals surface area (Å²) in [6.07, 6.45) is 4.08. The minimum Gasteiger partial charge on any atom is -0.358 e. The van der Waals surface area contributed by atoms with E-state index in [4.69, 9.17) is 0 Å². The number of hydrogen-bond acceptors (Lipinski definition) is 3. The first-order valence-electron chi connectivity index (χ1n) is 4.63. The molecule has 0 aromatic carbocycles. The summed E-state index contributed by atoms with van der Waals surface area (Å²) in [7, 11) is 1.99. The zero-order chi connectivity index (χ0) is 10.1. The van der Waals surface area contributed by atoms with Crippen LogP contribution in [0.3, 0.4) is 0 Å². The van der Waals surface area contributed by atoms with Gasteiger partial charge < -0.3 is 9.88 Å². The molecule has 14 heavy (non-hydrogen) atoms. The Morgan fingerprint density at radius 3 is 3.07 bits per heavy atom. The Morgan fingerprint density at radius 2 is 2.43 bits per heavy atom. The molecule has 1 fully saturated rings. The van der Waals surface area contributed by atoms with E-state index >= 15 is 0 Å². The monoisotopic (exact) mass is 305 g/mol. The van der Waals surface area contributed by atoms with Gasteiger partial charge in [0.25, 0.3) is 5.56 Å². The van der Waals surface area contributed by atoms with Gasteiger partial charge in [0, 0.05) is 13.6 Å². The number of aromatic amines is 1. The van der Waals surface area contributed by atoms with Gasteiger partial charge in [-0.2, -0.15) is 0 Å². The average molecular weight is 305 g/mol. The van der Waals surface area contributed by atoms with E-state index in [0.717, 1.165) is 18.3 Å². The van der Waals surface area contributed by atoms with Gasteiger partial charge in [-0.1, -0.05) is 0 Å². The third-order valence-corrected chi connectivity index (χ3v) is 3.34. The van der Waals surface area contributed by atoms with Gasteiger partial charge >= 0.3 is 0 Å². The molecule has 76 valence electrons. The molecule has 0 aliphatic heterocycles. The second kappa shape index (κ2) is 3.88. The fourth-order valence-corrected chi connectivity index (χ4v) is 2.12. The predicted molar refractivity (Wildman–Crippen MR) is 63.6 cm³/mol. The average Bonchev–Trinajstić information content (AvgIpc) is 2.93. The molecule has 1 aliphatic rings. The molecular formula is C9H12IN3O. The fraction of sp³-hybridized carbons (Fsp3) is 0.556. The van der Waals surface area contributed by atoms with Gasteiger partial charge in [-0.3, -0.25) is 4.79 Å². The van der Waals surface area contributed by atoms with Gasteiger partial charge in [0.15, 0.2) is 0 Å². The van der Waals surface area contributed by atoms with E-state index in [1.807, 2.05) is 29.6 Å². The van der Waals surface area contributed by atoms with E-state index < -0.39 is 0 Å². The maximum Gasteiger partial charge on any atom is 0.266 e. The summed E-state index contributed by atoms with van der Waals surface area (Å²) < 4.78 is 0.674. The zero-order valence-corrected chi connectivity index (χ0v) is 10.1. The second-order valence-corrected chi connectivity index (χ2v) is 4.77. The summed E-state index contributed by atoms with van der Waals surface area (Å²) in [5.74, 6) is 1.60. The van der Waals surface area contributed by atoms with Crippen LogP contribution in [0, 0.1) is 9.49 Å². The van der Waals surface area contributed by atoms with Crippen LogP contribution in [0.2, 0.25) is 0 Å². The van der Waals surface area contributed by atoms with Crippen LogP contribution in [0.1, 0.15) is 12.8 Å². The van der Waals surface area contributed by atoms with E-state index in [1.54, 1.807) is 0 Å². The number of halogens is 1. The highest BCUT2D eigenvalue weighted by atomic mass is 127. The third kappa shape index (κ3) is 2.08. The molecule has 1 N–H and O–H groups in total. The van der Waals surface area contributed by atoms with Crippen molar-refractivity contribution >= 4 is 28.4 Å². The first kappa shape index (κ1) is 9.95. The van der Waals surface area contributed by atoms with E-state index in [2.05, 4.69) is 14.9 Å². The number of rotatable bonds is 3. The molecule has 2 rings (SSSR count). The molecule has 1 heterocycles. The lowest BCUT2D eigenvalue weighted by molar-refractivity contribution is 0.771. The Morgan fingerprint density at radius 1 is 1.71 bits per heavy atom. The van der Waals surface area contributed by atoms with Gasteiger partial charge in [0.2, 0.25) is 0 Å². The molecular weight excluding hydrogens is 293 g/mol. The molecule has 0 spiro atoms. The maximum absolute atomic E-state index is 11.3. The van der Waals surface area contributed by atoms with Crippen molar-refractivity contribution in [2.75, 3.05) is 18.5 Å². The molecule has 1 saturated carbocycles. The minimum atomic E-state index is -0.0572. The first-order valence-corrected chi connectivity index (χ1v) is 5.70. The van der Waals surface area contributed by atoms with E-state index in [9.17, 15) is 4.79 Å². The number of nitrogens with one attached hydrogen (secondary N) is 1. The number of nitrogens with zero attached hydrogens (tertiary/aromatic N) is 2. The Bertz CT molecular complexity index is 386. The van der Waals surface area contributed by atoms with Crippen LogP contribution in [0.4, 0.5) is 5.82 Å². The molecule has 0 amide bonds. The van der Waals surface area contributed by atoms with E-state index in [-0.39, 0.29) is 5.56 Å². The number of anilines is 1. The number of hydrogen-bond donors (Lipinski definition) is 1. The van der Waals surface area contributed by atoms with Gasteiger partial charge in [-0.25, -0.2) is 4.98 Å². The Labute approximate surface area is 95.9 Å². The number of aromatic nitrogens is 2. The summed E-state index contributed by atoms with van der Waals surface area (Å²) in [6, 6.07) is 0. The van der Waals surface area contributed by atoms with Gasteiger partial charge in [0.05, 0.1) is 6.33 Å². The molecule has 1 aliphatic carbocycles. The van der Waals surface area contributed by atoms with Crippen LogP contribution in [0.15, 0.2) is 11.1 Å².